The van der Waals surface area contributed by atoms with Crippen LogP contribution in [0.1, 0.15) is 5.69 Å². The quantitative estimate of drug-likeness (QED) is 0.327. The molecule has 33 heavy (non-hydrogen) atoms. The van der Waals surface area contributed by atoms with E-state index in [1.165, 1.54) is 35.2 Å². The Labute approximate surface area is 184 Å². The van der Waals surface area contributed by atoms with Crippen LogP contribution in [0.2, 0.25) is 0 Å². The molecule has 0 saturated heterocycles. The van der Waals surface area contributed by atoms with Crippen molar-refractivity contribution in [1.29, 1.82) is 0 Å². The van der Waals surface area contributed by atoms with Crippen LogP contribution in [0.5, 0.6) is 11.6 Å². The molecule has 8 nitrogen and oxygen atoms in total. The Morgan fingerprint density at radius 2 is 1.82 bits per heavy atom. The number of aromatic nitrogens is 3. The van der Waals surface area contributed by atoms with Gasteiger partial charge < -0.3 is 15.0 Å². The molecule has 0 radical (unpaired) electrons. The lowest BCUT2D eigenvalue weighted by Gasteiger charge is -2.12. The zero-order valence-electron chi connectivity index (χ0n) is 16.7. The summed E-state index contributed by atoms with van der Waals surface area (Å²) in [4.78, 5) is 11.1. The van der Waals surface area contributed by atoms with E-state index < -0.39 is 21.3 Å². The summed E-state index contributed by atoms with van der Waals surface area (Å²) in [5, 5.41) is 3.08. The van der Waals surface area contributed by atoms with Crippen molar-refractivity contribution in [2.24, 2.45) is 0 Å². The van der Waals surface area contributed by atoms with Crippen LogP contribution < -0.4 is 14.8 Å². The van der Waals surface area contributed by atoms with Gasteiger partial charge in [-0.1, -0.05) is 6.07 Å². The molecule has 0 amide bonds. The molecular formula is C20H15F4N5O3S. The van der Waals surface area contributed by atoms with Crippen LogP contribution >= 0.6 is 0 Å². The van der Waals surface area contributed by atoms with E-state index in [1.807, 2.05) is 0 Å². The van der Waals surface area contributed by atoms with E-state index in [-0.39, 0.29) is 29.0 Å². The van der Waals surface area contributed by atoms with Crippen LogP contribution in [-0.4, -0.2) is 28.9 Å². The second-order valence-corrected chi connectivity index (χ2v) is 8.54. The fraction of sp³-hybridized carbons (Fsp3) is 0.100. The number of aryl methyl sites for hydroxylation is 1. The van der Waals surface area contributed by atoms with Crippen molar-refractivity contribution in [3.63, 3.8) is 0 Å². The number of alkyl halides is 3. The predicted molar refractivity (Wildman–Crippen MR) is 113 cm³/mol. The van der Waals surface area contributed by atoms with Crippen molar-refractivity contribution in [3.8, 4) is 11.6 Å². The number of halogens is 4. The van der Waals surface area contributed by atoms with E-state index >= 15 is 0 Å². The second kappa shape index (κ2) is 8.24. The van der Waals surface area contributed by atoms with Crippen LogP contribution in [0.25, 0.3) is 10.9 Å². The van der Waals surface area contributed by atoms with Crippen molar-refractivity contribution < 1.29 is 30.7 Å². The van der Waals surface area contributed by atoms with Crippen LogP contribution in [0.4, 0.5) is 34.9 Å². The van der Waals surface area contributed by atoms with Gasteiger partial charge in [-0.3, -0.25) is 4.72 Å². The molecule has 4 rings (SSSR count). The van der Waals surface area contributed by atoms with Crippen LogP contribution in [0, 0.1) is 12.7 Å². The van der Waals surface area contributed by atoms with Gasteiger partial charge >= 0.3 is 15.5 Å². The van der Waals surface area contributed by atoms with Gasteiger partial charge in [-0.2, -0.15) is 26.6 Å². The smallest absolute Gasteiger partial charge is 0.436 e. The normalized spacial score (nSPS) is 12.0. The first-order chi connectivity index (χ1) is 15.5. The average Bonchev–Trinajstić information content (AvgIpc) is 3.11. The molecule has 0 aliphatic rings. The van der Waals surface area contributed by atoms with Crippen molar-refractivity contribution in [2.75, 3.05) is 10.0 Å². The number of benzene rings is 2. The number of aromatic amines is 1. The van der Waals surface area contributed by atoms with E-state index in [0.717, 1.165) is 17.8 Å². The van der Waals surface area contributed by atoms with Crippen LogP contribution in [0.3, 0.4) is 0 Å². The summed E-state index contributed by atoms with van der Waals surface area (Å²) in [6.07, 6.45) is 1.33. The number of H-pyrrole nitrogens is 1. The van der Waals surface area contributed by atoms with Gasteiger partial charge in [-0.25, -0.2) is 9.37 Å². The predicted octanol–water partition coefficient (Wildman–Crippen LogP) is 5.20. The highest BCUT2D eigenvalue weighted by Gasteiger charge is 2.46. The Balaban J connectivity index is 1.53. The van der Waals surface area contributed by atoms with Crippen LogP contribution in [0.15, 0.2) is 54.7 Å². The molecule has 0 unspecified atom stereocenters. The third kappa shape index (κ3) is 4.82. The molecule has 0 fully saturated rings. The molecule has 13 heteroatoms. The lowest BCUT2D eigenvalue weighted by atomic mass is 10.2. The number of fused-ring (bicyclic) bond motifs is 1. The summed E-state index contributed by atoms with van der Waals surface area (Å²) in [6.45, 7) is 1.80. The molecule has 2 aromatic heterocycles. The van der Waals surface area contributed by atoms with E-state index in [2.05, 4.69) is 20.3 Å². The number of anilines is 3. The molecule has 3 N–H and O–H groups in total. The Kier molecular flexibility index (Phi) is 5.57. The highest BCUT2D eigenvalue weighted by molar-refractivity contribution is 7.93. The number of nitrogens with one attached hydrogen (secondary N) is 3. The minimum atomic E-state index is -5.57. The van der Waals surface area contributed by atoms with Gasteiger partial charge in [0, 0.05) is 34.5 Å². The molecule has 2 heterocycles. The molecule has 0 aliphatic heterocycles. The summed E-state index contributed by atoms with van der Waals surface area (Å²) in [5.41, 5.74) is -4.17. The number of hydrogen-bond donors (Lipinski definition) is 3. The minimum Gasteiger partial charge on any atom is -0.436 e. The topological polar surface area (TPSA) is 109 Å². The van der Waals surface area contributed by atoms with Gasteiger partial charge in [0.2, 0.25) is 11.8 Å². The molecule has 2 aromatic carbocycles. The molecule has 0 bridgehead atoms. The highest BCUT2D eigenvalue weighted by atomic mass is 32.2. The largest absolute Gasteiger partial charge is 0.516 e. The van der Waals surface area contributed by atoms with Gasteiger partial charge in [-0.05, 0) is 43.3 Å². The maximum atomic E-state index is 14.7. The Morgan fingerprint density at radius 1 is 1.06 bits per heavy atom. The lowest BCUT2D eigenvalue weighted by Crippen LogP contribution is -2.29. The van der Waals surface area contributed by atoms with Gasteiger partial charge in [0.1, 0.15) is 0 Å². The number of nitrogens with zero attached hydrogens (tertiary/aromatic N) is 2. The maximum Gasteiger partial charge on any atom is 0.516 e. The zero-order chi connectivity index (χ0) is 23.8. The fourth-order valence-electron chi connectivity index (χ4n) is 2.94. The first-order valence-corrected chi connectivity index (χ1v) is 10.7. The number of rotatable bonds is 6. The molecular weight excluding hydrogens is 466 g/mol. The average molecular weight is 481 g/mol. The third-order valence-corrected chi connectivity index (χ3v) is 5.47. The SMILES string of the molecule is Cc1cc2c(F)c(Oc3ccnc(Nc4cccc(NS(=O)(=O)C(F)(F)F)c4)n3)ccc2[nH]1. The fourth-order valence-corrected chi connectivity index (χ4v) is 3.49. The van der Waals surface area contributed by atoms with E-state index in [1.54, 1.807) is 19.1 Å². The Morgan fingerprint density at radius 3 is 2.58 bits per heavy atom. The Bertz CT molecular complexity index is 1440. The second-order valence-electron chi connectivity index (χ2n) is 6.87. The van der Waals surface area contributed by atoms with E-state index in [0.29, 0.717) is 10.9 Å². The zero-order valence-corrected chi connectivity index (χ0v) is 17.6. The molecule has 172 valence electrons. The van der Waals surface area contributed by atoms with Crippen molar-refractivity contribution in [3.05, 3.63) is 66.2 Å². The van der Waals surface area contributed by atoms with Gasteiger partial charge in [0.25, 0.3) is 0 Å². The highest BCUT2D eigenvalue weighted by Crippen LogP contribution is 2.31. The lowest BCUT2D eigenvalue weighted by molar-refractivity contribution is -0.0429. The minimum absolute atomic E-state index is 0.00642. The monoisotopic (exact) mass is 481 g/mol. The molecule has 4 aromatic rings. The molecule has 0 spiro atoms. The van der Waals surface area contributed by atoms with Gasteiger partial charge in [0.15, 0.2) is 11.6 Å². The number of hydrogen-bond acceptors (Lipinski definition) is 6. The Hall–Kier alpha value is -3.87. The van der Waals surface area contributed by atoms with Crippen LogP contribution in [-0.2, 0) is 10.0 Å². The van der Waals surface area contributed by atoms with Gasteiger partial charge in [0.05, 0.1) is 5.69 Å². The summed E-state index contributed by atoms with van der Waals surface area (Å²) in [7, 11) is -5.57. The van der Waals surface area contributed by atoms with E-state index in [4.69, 9.17) is 4.74 Å². The summed E-state index contributed by atoms with van der Waals surface area (Å²) >= 11 is 0. The third-order valence-electron chi connectivity index (χ3n) is 4.36. The van der Waals surface area contributed by atoms with Crippen molar-refractivity contribution in [2.45, 2.75) is 12.4 Å². The molecule has 0 atom stereocenters. The van der Waals surface area contributed by atoms with Crippen molar-refractivity contribution in [1.82, 2.24) is 15.0 Å². The number of sulfonamides is 1. The van der Waals surface area contributed by atoms with Gasteiger partial charge in [-0.15, -0.1) is 0 Å². The molecule has 0 aliphatic carbocycles. The van der Waals surface area contributed by atoms with Crippen molar-refractivity contribution >= 4 is 38.2 Å². The number of ether oxygens (including phenoxy) is 1. The first kappa shape index (κ1) is 22.3. The standard InChI is InChI=1S/C20H15F4N5O3S/c1-11-9-14-15(26-11)5-6-16(18(14)21)32-17-7-8-25-19(28-17)27-12-3-2-4-13(10-12)29-33(30,31)20(22,23)24/h2-10,26,29H,1H3,(H,25,27,28). The summed E-state index contributed by atoms with van der Waals surface area (Å²) in [6, 6.07) is 11.2. The maximum absolute atomic E-state index is 14.7. The summed E-state index contributed by atoms with van der Waals surface area (Å²) in [5.74, 6) is -0.640. The van der Waals surface area contributed by atoms with E-state index in [9.17, 15) is 26.0 Å². The summed E-state index contributed by atoms with van der Waals surface area (Å²) < 4.78 is 82.0. The molecule has 0 saturated carbocycles. The first-order valence-electron chi connectivity index (χ1n) is 9.27.